The van der Waals surface area contributed by atoms with Crippen LogP contribution in [0.5, 0.6) is 0 Å². The van der Waals surface area contributed by atoms with Gasteiger partial charge in [0.15, 0.2) is 0 Å². The van der Waals surface area contributed by atoms with Crippen LogP contribution in [0.2, 0.25) is 0 Å². The third-order valence-electron chi connectivity index (χ3n) is 3.08. The Morgan fingerprint density at radius 3 is 2.65 bits per heavy atom. The molecule has 20 heavy (non-hydrogen) atoms. The number of hydrogen-bond donors (Lipinski definition) is 1. The first-order chi connectivity index (χ1) is 9.78. The molecule has 1 aromatic carbocycles. The molecule has 100 valence electrons. The van der Waals surface area contributed by atoms with Crippen LogP contribution in [-0.2, 0) is 0 Å². The Labute approximate surface area is 126 Å². The number of aromatic nitrogens is 2. The third kappa shape index (κ3) is 2.47. The number of fused-ring (bicyclic) bond motifs is 1. The van der Waals surface area contributed by atoms with E-state index in [9.17, 15) is 0 Å². The number of nitrogens with zero attached hydrogens (tertiary/aromatic N) is 2. The first-order valence-electron chi connectivity index (χ1n) is 6.36. The highest BCUT2D eigenvalue weighted by Gasteiger charge is 2.08. The third-order valence-corrected chi connectivity index (χ3v) is 3.55. The molecule has 0 aliphatic heterocycles. The molecule has 0 spiro atoms. The highest BCUT2D eigenvalue weighted by atomic mass is 79.9. The number of benzene rings is 1. The molecule has 0 amide bonds. The second-order valence-corrected chi connectivity index (χ2v) is 5.33. The topological polar surface area (TPSA) is 29.3 Å². The van der Waals surface area contributed by atoms with Gasteiger partial charge in [0.2, 0.25) is 0 Å². The van der Waals surface area contributed by atoms with Crippen molar-refractivity contribution in [2.24, 2.45) is 0 Å². The zero-order valence-electron chi connectivity index (χ0n) is 11.0. The molecular formula is C16H14BrN3. The summed E-state index contributed by atoms with van der Waals surface area (Å²) in [6, 6.07) is 14.2. The van der Waals surface area contributed by atoms with E-state index in [0.29, 0.717) is 0 Å². The molecule has 4 heteroatoms. The molecule has 0 bridgehead atoms. The largest absolute Gasteiger partial charge is 0.372 e. The number of rotatable bonds is 3. The Bertz CT molecular complexity index is 760. The Morgan fingerprint density at radius 2 is 1.90 bits per heavy atom. The molecule has 0 aliphatic rings. The van der Waals surface area contributed by atoms with Gasteiger partial charge in [0, 0.05) is 17.7 Å². The van der Waals surface area contributed by atoms with E-state index in [1.807, 2.05) is 54.1 Å². The van der Waals surface area contributed by atoms with Gasteiger partial charge in [-0.2, -0.15) is 0 Å². The van der Waals surface area contributed by atoms with Crippen LogP contribution in [0.15, 0.2) is 53.1 Å². The van der Waals surface area contributed by atoms with E-state index in [-0.39, 0.29) is 0 Å². The lowest BCUT2D eigenvalue weighted by Crippen LogP contribution is -1.95. The number of anilines is 1. The minimum Gasteiger partial charge on any atom is -0.372 e. The van der Waals surface area contributed by atoms with Gasteiger partial charge in [-0.3, -0.25) is 4.40 Å². The number of nitrogens with one attached hydrogen (secondary N) is 1. The van der Waals surface area contributed by atoms with Gasteiger partial charge in [-0.25, -0.2) is 4.98 Å². The minimum atomic E-state index is 0.922. The molecule has 0 aliphatic carbocycles. The van der Waals surface area contributed by atoms with Crippen molar-refractivity contribution < 1.29 is 0 Å². The van der Waals surface area contributed by atoms with E-state index < -0.39 is 0 Å². The lowest BCUT2D eigenvalue weighted by atomic mass is 10.2. The predicted octanol–water partition coefficient (Wildman–Crippen LogP) is 4.31. The van der Waals surface area contributed by atoms with Crippen LogP contribution < -0.4 is 5.32 Å². The summed E-state index contributed by atoms with van der Waals surface area (Å²) in [5, 5.41) is 3.21. The zero-order valence-corrected chi connectivity index (χ0v) is 12.6. The molecule has 0 saturated carbocycles. The van der Waals surface area contributed by atoms with Crippen molar-refractivity contribution in [3.63, 3.8) is 0 Å². The zero-order chi connectivity index (χ0) is 13.9. The van der Waals surface area contributed by atoms with Crippen molar-refractivity contribution in [2.45, 2.75) is 0 Å². The van der Waals surface area contributed by atoms with Crippen molar-refractivity contribution in [3.05, 3.63) is 64.4 Å². The Kier molecular flexibility index (Phi) is 3.56. The molecule has 0 atom stereocenters. The standard InChI is InChI=1S/C16H14BrN3/c1-18-16-14(9-7-12-5-3-2-4-6-12)19-15-10-8-13(17)11-20(15)16/h2-11,18H,1H3/b9-7+. The predicted molar refractivity (Wildman–Crippen MR) is 87.8 cm³/mol. The minimum absolute atomic E-state index is 0.922. The second kappa shape index (κ2) is 5.51. The molecule has 3 aromatic rings. The van der Waals surface area contributed by atoms with Gasteiger partial charge in [0.25, 0.3) is 0 Å². The van der Waals surface area contributed by atoms with Crippen LogP contribution in [0.4, 0.5) is 5.82 Å². The van der Waals surface area contributed by atoms with E-state index in [4.69, 9.17) is 0 Å². The molecule has 0 unspecified atom stereocenters. The van der Waals surface area contributed by atoms with Crippen LogP contribution >= 0.6 is 15.9 Å². The number of imidazole rings is 1. The van der Waals surface area contributed by atoms with E-state index in [2.05, 4.69) is 44.4 Å². The summed E-state index contributed by atoms with van der Waals surface area (Å²) >= 11 is 3.49. The van der Waals surface area contributed by atoms with Crippen LogP contribution in [0.25, 0.3) is 17.8 Å². The summed E-state index contributed by atoms with van der Waals surface area (Å²) in [7, 11) is 1.91. The number of pyridine rings is 1. The monoisotopic (exact) mass is 327 g/mol. The fourth-order valence-electron chi connectivity index (χ4n) is 2.14. The molecular weight excluding hydrogens is 314 g/mol. The van der Waals surface area contributed by atoms with Crippen LogP contribution in [0.3, 0.4) is 0 Å². The normalized spacial score (nSPS) is 11.3. The lowest BCUT2D eigenvalue weighted by molar-refractivity contribution is 1.16. The maximum Gasteiger partial charge on any atom is 0.139 e. The lowest BCUT2D eigenvalue weighted by Gasteiger charge is -2.01. The molecule has 0 radical (unpaired) electrons. The summed E-state index contributed by atoms with van der Waals surface area (Å²) in [4.78, 5) is 4.63. The van der Waals surface area contributed by atoms with Crippen molar-refractivity contribution in [3.8, 4) is 0 Å². The summed E-state index contributed by atoms with van der Waals surface area (Å²) in [5.74, 6) is 0.980. The van der Waals surface area contributed by atoms with E-state index in [0.717, 1.165) is 27.2 Å². The van der Waals surface area contributed by atoms with E-state index >= 15 is 0 Å². The van der Waals surface area contributed by atoms with Gasteiger partial charge in [-0.15, -0.1) is 0 Å². The Hall–Kier alpha value is -2.07. The first-order valence-corrected chi connectivity index (χ1v) is 7.16. The number of hydrogen-bond acceptors (Lipinski definition) is 2. The van der Waals surface area contributed by atoms with Gasteiger partial charge in [-0.05, 0) is 39.7 Å². The molecule has 0 fully saturated rings. The maximum atomic E-state index is 4.63. The summed E-state index contributed by atoms with van der Waals surface area (Å²) in [6.07, 6.45) is 6.10. The summed E-state index contributed by atoms with van der Waals surface area (Å²) in [6.45, 7) is 0. The fourth-order valence-corrected chi connectivity index (χ4v) is 2.48. The SMILES string of the molecule is CNc1c(/C=C/c2ccccc2)nc2ccc(Br)cn12. The average Bonchev–Trinajstić information content (AvgIpc) is 2.83. The van der Waals surface area contributed by atoms with Gasteiger partial charge >= 0.3 is 0 Å². The molecule has 2 heterocycles. The Balaban J connectivity index is 2.05. The Morgan fingerprint density at radius 1 is 1.10 bits per heavy atom. The summed E-state index contributed by atoms with van der Waals surface area (Å²) in [5.41, 5.74) is 3.01. The summed E-state index contributed by atoms with van der Waals surface area (Å²) < 4.78 is 3.06. The quantitative estimate of drug-likeness (QED) is 0.776. The van der Waals surface area contributed by atoms with Crippen molar-refractivity contribution in [2.75, 3.05) is 12.4 Å². The fraction of sp³-hybridized carbons (Fsp3) is 0.0625. The van der Waals surface area contributed by atoms with Crippen LogP contribution in [-0.4, -0.2) is 16.4 Å². The smallest absolute Gasteiger partial charge is 0.139 e. The van der Waals surface area contributed by atoms with E-state index in [1.165, 1.54) is 0 Å². The van der Waals surface area contributed by atoms with Crippen molar-refractivity contribution in [1.29, 1.82) is 0 Å². The highest BCUT2D eigenvalue weighted by Crippen LogP contribution is 2.22. The van der Waals surface area contributed by atoms with E-state index in [1.54, 1.807) is 0 Å². The molecule has 3 rings (SSSR count). The van der Waals surface area contributed by atoms with Gasteiger partial charge in [0.05, 0.1) is 0 Å². The first kappa shape index (κ1) is 12.9. The second-order valence-electron chi connectivity index (χ2n) is 4.42. The molecule has 3 nitrogen and oxygen atoms in total. The molecule has 2 aromatic heterocycles. The maximum absolute atomic E-state index is 4.63. The van der Waals surface area contributed by atoms with Crippen LogP contribution in [0.1, 0.15) is 11.3 Å². The average molecular weight is 328 g/mol. The van der Waals surface area contributed by atoms with Gasteiger partial charge in [0.1, 0.15) is 17.2 Å². The molecule has 0 saturated heterocycles. The number of halogens is 1. The molecule has 1 N–H and O–H groups in total. The van der Waals surface area contributed by atoms with Gasteiger partial charge in [-0.1, -0.05) is 36.4 Å². The van der Waals surface area contributed by atoms with Gasteiger partial charge < -0.3 is 5.32 Å². The van der Waals surface area contributed by atoms with Crippen LogP contribution in [0, 0.1) is 0 Å². The van der Waals surface area contributed by atoms with Crippen molar-refractivity contribution >= 4 is 39.5 Å². The highest BCUT2D eigenvalue weighted by molar-refractivity contribution is 9.10. The van der Waals surface area contributed by atoms with Crippen molar-refractivity contribution in [1.82, 2.24) is 9.38 Å².